The van der Waals surface area contributed by atoms with Gasteiger partial charge in [-0.05, 0) is 24.3 Å². The second kappa shape index (κ2) is 4.88. The summed E-state index contributed by atoms with van der Waals surface area (Å²) in [6.07, 6.45) is 1.59. The summed E-state index contributed by atoms with van der Waals surface area (Å²) in [5, 5.41) is 0. The van der Waals surface area contributed by atoms with Gasteiger partial charge in [-0.3, -0.25) is 14.6 Å². The number of pyridine rings is 2. The topological polar surface area (TPSA) is 72.4 Å². The number of aromatic nitrogens is 2. The van der Waals surface area contributed by atoms with E-state index in [0.717, 1.165) is 4.90 Å². The third kappa shape index (κ3) is 1.96. The lowest BCUT2D eigenvalue weighted by Gasteiger charge is -2.13. The van der Waals surface area contributed by atoms with Crippen molar-refractivity contribution in [2.75, 3.05) is 12.0 Å². The molecule has 2 aromatic heterocycles. The summed E-state index contributed by atoms with van der Waals surface area (Å²) in [6, 6.07) is 11.8. The van der Waals surface area contributed by atoms with Crippen molar-refractivity contribution in [2.45, 2.75) is 0 Å². The van der Waals surface area contributed by atoms with Crippen molar-refractivity contribution >= 4 is 28.7 Å². The summed E-state index contributed by atoms with van der Waals surface area (Å²) in [6.45, 7) is 0. The van der Waals surface area contributed by atoms with E-state index in [0.29, 0.717) is 27.9 Å². The largest absolute Gasteiger partial charge is 0.495 e. The van der Waals surface area contributed by atoms with Crippen molar-refractivity contribution in [1.82, 2.24) is 9.97 Å². The van der Waals surface area contributed by atoms with Crippen LogP contribution in [0.1, 0.15) is 20.7 Å². The van der Waals surface area contributed by atoms with Crippen LogP contribution in [0.15, 0.2) is 48.7 Å². The Balaban J connectivity index is 1.84. The monoisotopic (exact) mass is 305 g/mol. The van der Waals surface area contributed by atoms with Crippen molar-refractivity contribution in [1.29, 1.82) is 0 Å². The van der Waals surface area contributed by atoms with Crippen LogP contribution in [0.3, 0.4) is 0 Å². The van der Waals surface area contributed by atoms with Gasteiger partial charge in [-0.15, -0.1) is 0 Å². The van der Waals surface area contributed by atoms with Crippen LogP contribution in [-0.2, 0) is 0 Å². The maximum absolute atomic E-state index is 12.5. The van der Waals surface area contributed by atoms with Crippen LogP contribution in [0.5, 0.6) is 5.75 Å². The number of fused-ring (bicyclic) bond motifs is 2. The normalized spacial score (nSPS) is 13.5. The minimum atomic E-state index is -0.367. The van der Waals surface area contributed by atoms with E-state index in [9.17, 15) is 9.59 Å². The number of nitrogens with zero attached hydrogens (tertiary/aromatic N) is 3. The molecule has 1 aliphatic heterocycles. The number of benzene rings is 1. The third-order valence-corrected chi connectivity index (χ3v) is 3.76. The number of imide groups is 1. The second-order valence-corrected chi connectivity index (χ2v) is 5.07. The highest BCUT2D eigenvalue weighted by Crippen LogP contribution is 2.28. The summed E-state index contributed by atoms with van der Waals surface area (Å²) in [7, 11) is 1.54. The van der Waals surface area contributed by atoms with Gasteiger partial charge in [0.25, 0.3) is 11.8 Å². The molecular weight excluding hydrogens is 294 g/mol. The highest BCUT2D eigenvalue weighted by molar-refractivity contribution is 6.34. The molecule has 23 heavy (non-hydrogen) atoms. The number of anilines is 1. The Morgan fingerprint density at radius 3 is 2.30 bits per heavy atom. The molecule has 2 amide bonds. The maximum Gasteiger partial charge on any atom is 0.267 e. The predicted molar refractivity (Wildman–Crippen MR) is 83.7 cm³/mol. The molecule has 0 radical (unpaired) electrons. The fourth-order valence-corrected chi connectivity index (χ4v) is 2.61. The lowest BCUT2D eigenvalue weighted by atomic mass is 10.1. The van der Waals surface area contributed by atoms with Gasteiger partial charge < -0.3 is 4.74 Å². The maximum atomic E-state index is 12.5. The Hall–Kier alpha value is -3.28. The van der Waals surface area contributed by atoms with Crippen molar-refractivity contribution < 1.29 is 14.3 Å². The average molecular weight is 305 g/mol. The number of ether oxygens (including phenoxy) is 1. The van der Waals surface area contributed by atoms with Crippen LogP contribution < -0.4 is 9.64 Å². The van der Waals surface area contributed by atoms with Gasteiger partial charge in [-0.1, -0.05) is 12.1 Å². The number of amides is 2. The van der Waals surface area contributed by atoms with Crippen molar-refractivity contribution in [2.24, 2.45) is 0 Å². The lowest BCUT2D eigenvalue weighted by Crippen LogP contribution is -2.30. The molecule has 0 saturated heterocycles. The summed E-state index contributed by atoms with van der Waals surface area (Å²) in [5.41, 5.74) is 2.00. The number of methoxy groups -OCH3 is 1. The zero-order chi connectivity index (χ0) is 16.0. The minimum absolute atomic E-state index is 0.277. The quantitative estimate of drug-likeness (QED) is 0.680. The van der Waals surface area contributed by atoms with E-state index in [4.69, 9.17) is 4.74 Å². The van der Waals surface area contributed by atoms with Crippen molar-refractivity contribution in [3.05, 3.63) is 59.8 Å². The van der Waals surface area contributed by atoms with E-state index in [1.807, 2.05) is 0 Å². The van der Waals surface area contributed by atoms with Crippen molar-refractivity contribution in [3.8, 4) is 5.75 Å². The molecule has 0 fully saturated rings. The fourth-order valence-electron chi connectivity index (χ4n) is 2.61. The van der Waals surface area contributed by atoms with Crippen LogP contribution in [0.4, 0.5) is 5.82 Å². The SMILES string of the molecule is COc1cnc2ccc(N3C(=O)c4ccccc4C3=O)nc2c1. The lowest BCUT2D eigenvalue weighted by molar-refractivity contribution is 0.0925. The first-order valence-electron chi connectivity index (χ1n) is 6.97. The van der Waals surface area contributed by atoms with Crippen LogP contribution in [0, 0.1) is 0 Å². The van der Waals surface area contributed by atoms with Crippen molar-refractivity contribution in [3.63, 3.8) is 0 Å². The second-order valence-electron chi connectivity index (χ2n) is 5.07. The van der Waals surface area contributed by atoms with Gasteiger partial charge in [0, 0.05) is 6.07 Å². The molecule has 0 atom stereocenters. The first-order chi connectivity index (χ1) is 11.2. The Morgan fingerprint density at radius 1 is 0.957 bits per heavy atom. The molecule has 4 rings (SSSR count). The third-order valence-electron chi connectivity index (χ3n) is 3.76. The van der Waals surface area contributed by atoms with Crippen LogP contribution in [0.25, 0.3) is 11.0 Å². The first-order valence-corrected chi connectivity index (χ1v) is 6.97. The van der Waals surface area contributed by atoms with E-state index >= 15 is 0 Å². The van der Waals surface area contributed by atoms with Crippen LogP contribution >= 0.6 is 0 Å². The smallest absolute Gasteiger partial charge is 0.267 e. The number of carbonyl (C=O) groups is 2. The minimum Gasteiger partial charge on any atom is -0.495 e. The number of hydrogen-bond acceptors (Lipinski definition) is 5. The molecule has 6 nitrogen and oxygen atoms in total. The molecule has 1 aliphatic rings. The number of rotatable bonds is 2. The standard InChI is InChI=1S/C17H11N3O3/c1-23-10-8-14-13(18-9-10)6-7-15(19-14)20-16(21)11-4-2-3-5-12(11)17(20)22/h2-9H,1H3. The number of carbonyl (C=O) groups excluding carboxylic acids is 2. The summed E-state index contributed by atoms with van der Waals surface area (Å²) in [5.74, 6) is 0.102. The molecule has 3 aromatic rings. The van der Waals surface area contributed by atoms with Crippen LogP contribution in [-0.4, -0.2) is 28.9 Å². The molecular formula is C17H11N3O3. The number of hydrogen-bond donors (Lipinski definition) is 0. The molecule has 0 saturated carbocycles. The summed E-state index contributed by atoms with van der Waals surface area (Å²) >= 11 is 0. The zero-order valence-corrected chi connectivity index (χ0v) is 12.2. The molecule has 0 unspecified atom stereocenters. The summed E-state index contributed by atoms with van der Waals surface area (Å²) < 4.78 is 5.13. The summed E-state index contributed by atoms with van der Waals surface area (Å²) in [4.78, 5) is 34.7. The zero-order valence-electron chi connectivity index (χ0n) is 12.2. The van der Waals surface area contributed by atoms with Gasteiger partial charge in [-0.2, -0.15) is 0 Å². The van der Waals surface area contributed by atoms with Gasteiger partial charge in [0.05, 0.1) is 35.5 Å². The van der Waals surface area contributed by atoms with Gasteiger partial charge in [0.15, 0.2) is 0 Å². The molecule has 6 heteroatoms. The molecule has 112 valence electrons. The van der Waals surface area contributed by atoms with Gasteiger partial charge in [0.1, 0.15) is 11.6 Å². The Kier molecular flexibility index (Phi) is 2.84. The molecule has 0 spiro atoms. The van der Waals surface area contributed by atoms with Gasteiger partial charge >= 0.3 is 0 Å². The van der Waals surface area contributed by atoms with E-state index in [2.05, 4.69) is 9.97 Å². The molecule has 0 N–H and O–H groups in total. The van der Waals surface area contributed by atoms with E-state index in [1.165, 1.54) is 7.11 Å². The molecule has 1 aromatic carbocycles. The predicted octanol–water partition coefficient (Wildman–Crippen LogP) is 2.44. The Morgan fingerprint density at radius 2 is 1.65 bits per heavy atom. The Labute approximate surface area is 131 Å². The van der Waals surface area contributed by atoms with E-state index < -0.39 is 0 Å². The fraction of sp³-hybridized carbons (Fsp3) is 0.0588. The average Bonchev–Trinajstić information content (AvgIpc) is 2.85. The van der Waals surface area contributed by atoms with Gasteiger partial charge in [-0.25, -0.2) is 9.88 Å². The molecule has 0 aliphatic carbocycles. The van der Waals surface area contributed by atoms with E-state index in [1.54, 1.807) is 48.7 Å². The first kappa shape index (κ1) is 13.4. The van der Waals surface area contributed by atoms with Crippen LogP contribution in [0.2, 0.25) is 0 Å². The van der Waals surface area contributed by atoms with Gasteiger partial charge in [0.2, 0.25) is 0 Å². The Bertz CT molecular complexity index is 933. The highest BCUT2D eigenvalue weighted by Gasteiger charge is 2.37. The molecule has 3 heterocycles. The molecule has 0 bridgehead atoms. The van der Waals surface area contributed by atoms with E-state index in [-0.39, 0.29) is 17.6 Å². The highest BCUT2D eigenvalue weighted by atomic mass is 16.5.